The minimum absolute atomic E-state index is 0.364. The molecule has 0 bridgehead atoms. The van der Waals surface area contributed by atoms with Crippen LogP contribution in [0.25, 0.3) is 0 Å². The lowest BCUT2D eigenvalue weighted by atomic mass is 10.00. The average molecular weight is 289 g/mol. The predicted molar refractivity (Wildman–Crippen MR) is 85.1 cm³/mol. The molecule has 5 heteroatoms. The number of hydrogen-bond donors (Lipinski definition) is 1. The van der Waals surface area contributed by atoms with Crippen LogP contribution in [0.15, 0.2) is 18.5 Å². The van der Waals surface area contributed by atoms with Gasteiger partial charge in [-0.1, -0.05) is 13.8 Å². The zero-order valence-corrected chi connectivity index (χ0v) is 13.6. The second-order valence-corrected chi connectivity index (χ2v) is 5.55. The molecular formula is C16H27N5. The van der Waals surface area contributed by atoms with E-state index in [0.29, 0.717) is 6.04 Å². The van der Waals surface area contributed by atoms with Crippen LogP contribution in [0.2, 0.25) is 0 Å². The van der Waals surface area contributed by atoms with E-state index in [1.807, 2.05) is 29.7 Å². The predicted octanol–water partition coefficient (Wildman–Crippen LogP) is 2.39. The maximum absolute atomic E-state index is 4.58. The van der Waals surface area contributed by atoms with Crippen molar-refractivity contribution in [3.05, 3.63) is 35.4 Å². The second-order valence-electron chi connectivity index (χ2n) is 5.55. The average Bonchev–Trinajstić information content (AvgIpc) is 3.05. The molecule has 0 aliphatic heterocycles. The molecule has 1 unspecified atom stereocenters. The molecular weight excluding hydrogens is 262 g/mol. The molecule has 116 valence electrons. The van der Waals surface area contributed by atoms with Gasteiger partial charge in [0.05, 0.1) is 5.69 Å². The van der Waals surface area contributed by atoms with Gasteiger partial charge in [0.15, 0.2) is 0 Å². The smallest absolute Gasteiger partial charge is 0.0669 e. The molecule has 2 rings (SSSR count). The van der Waals surface area contributed by atoms with Gasteiger partial charge in [0, 0.05) is 43.8 Å². The molecule has 0 spiro atoms. The summed E-state index contributed by atoms with van der Waals surface area (Å²) in [6.07, 6.45) is 8.24. The van der Waals surface area contributed by atoms with Crippen molar-refractivity contribution >= 4 is 0 Å². The molecule has 0 aliphatic rings. The van der Waals surface area contributed by atoms with Crippen LogP contribution in [0.5, 0.6) is 0 Å². The zero-order chi connectivity index (χ0) is 15.2. The standard InChI is InChI=1S/C16H27N5/c1-5-10-17-16(8-7-13-9-11-18-21(13)4)14-12-20(3)19-15(14)6-2/h9,11-12,16-17H,5-8,10H2,1-4H3. The summed E-state index contributed by atoms with van der Waals surface area (Å²) in [6.45, 7) is 5.41. The summed E-state index contributed by atoms with van der Waals surface area (Å²) < 4.78 is 3.89. The van der Waals surface area contributed by atoms with E-state index < -0.39 is 0 Å². The highest BCUT2D eigenvalue weighted by atomic mass is 15.3. The van der Waals surface area contributed by atoms with E-state index in [9.17, 15) is 0 Å². The highest BCUT2D eigenvalue weighted by molar-refractivity contribution is 5.22. The van der Waals surface area contributed by atoms with E-state index in [2.05, 4.69) is 41.6 Å². The lowest BCUT2D eigenvalue weighted by Gasteiger charge is -2.18. The number of nitrogens with zero attached hydrogens (tertiary/aromatic N) is 4. The van der Waals surface area contributed by atoms with E-state index in [0.717, 1.165) is 32.2 Å². The summed E-state index contributed by atoms with van der Waals surface area (Å²) in [4.78, 5) is 0. The van der Waals surface area contributed by atoms with Gasteiger partial charge in [-0.25, -0.2) is 0 Å². The van der Waals surface area contributed by atoms with Crippen molar-refractivity contribution in [2.24, 2.45) is 14.1 Å². The van der Waals surface area contributed by atoms with Crippen LogP contribution in [-0.4, -0.2) is 26.1 Å². The number of aromatic nitrogens is 4. The zero-order valence-electron chi connectivity index (χ0n) is 13.6. The molecule has 0 radical (unpaired) electrons. The van der Waals surface area contributed by atoms with E-state index in [4.69, 9.17) is 0 Å². The Hall–Kier alpha value is -1.62. The first kappa shape index (κ1) is 15.8. The first-order chi connectivity index (χ1) is 10.2. The molecule has 0 saturated carbocycles. The fourth-order valence-corrected chi connectivity index (χ4v) is 2.74. The first-order valence-electron chi connectivity index (χ1n) is 7.88. The van der Waals surface area contributed by atoms with Crippen molar-refractivity contribution in [1.82, 2.24) is 24.9 Å². The number of aryl methyl sites for hydroxylation is 4. The third-order valence-corrected chi connectivity index (χ3v) is 3.90. The van der Waals surface area contributed by atoms with Gasteiger partial charge in [-0.2, -0.15) is 10.2 Å². The maximum atomic E-state index is 4.58. The molecule has 2 heterocycles. The van der Waals surface area contributed by atoms with Crippen LogP contribution in [0.1, 0.15) is 49.7 Å². The van der Waals surface area contributed by atoms with Crippen LogP contribution in [0.4, 0.5) is 0 Å². The molecule has 21 heavy (non-hydrogen) atoms. The van der Waals surface area contributed by atoms with Crippen molar-refractivity contribution in [1.29, 1.82) is 0 Å². The fourth-order valence-electron chi connectivity index (χ4n) is 2.74. The Bertz CT molecular complexity index is 555. The molecule has 1 N–H and O–H groups in total. The van der Waals surface area contributed by atoms with E-state index in [1.165, 1.54) is 17.0 Å². The summed E-state index contributed by atoms with van der Waals surface area (Å²) in [7, 11) is 4.01. The molecule has 5 nitrogen and oxygen atoms in total. The van der Waals surface area contributed by atoms with Crippen molar-refractivity contribution in [3.63, 3.8) is 0 Å². The topological polar surface area (TPSA) is 47.7 Å². The van der Waals surface area contributed by atoms with Gasteiger partial charge in [-0.15, -0.1) is 0 Å². The SMILES string of the molecule is CCCNC(CCc1ccnn1C)c1cn(C)nc1CC. The minimum atomic E-state index is 0.364. The Kier molecular flexibility index (Phi) is 5.56. The van der Waals surface area contributed by atoms with E-state index >= 15 is 0 Å². The summed E-state index contributed by atoms with van der Waals surface area (Å²) in [5, 5.41) is 12.5. The number of hydrogen-bond acceptors (Lipinski definition) is 3. The summed E-state index contributed by atoms with van der Waals surface area (Å²) >= 11 is 0. The number of rotatable bonds is 8. The molecule has 0 amide bonds. The van der Waals surface area contributed by atoms with Crippen LogP contribution < -0.4 is 5.32 Å². The summed E-state index contributed by atoms with van der Waals surface area (Å²) in [6, 6.07) is 2.46. The molecule has 0 fully saturated rings. The Morgan fingerprint density at radius 2 is 2.10 bits per heavy atom. The summed E-state index contributed by atoms with van der Waals surface area (Å²) in [5.41, 5.74) is 3.83. The largest absolute Gasteiger partial charge is 0.310 e. The molecule has 0 aromatic carbocycles. The summed E-state index contributed by atoms with van der Waals surface area (Å²) in [5.74, 6) is 0. The monoisotopic (exact) mass is 289 g/mol. The van der Waals surface area contributed by atoms with Crippen LogP contribution >= 0.6 is 0 Å². The normalized spacial score (nSPS) is 12.8. The number of nitrogens with one attached hydrogen (secondary N) is 1. The van der Waals surface area contributed by atoms with Crippen molar-refractivity contribution in [2.75, 3.05) is 6.54 Å². The van der Waals surface area contributed by atoms with Gasteiger partial charge >= 0.3 is 0 Å². The van der Waals surface area contributed by atoms with Gasteiger partial charge in [0.25, 0.3) is 0 Å². The maximum Gasteiger partial charge on any atom is 0.0669 e. The third kappa shape index (κ3) is 3.94. The van der Waals surface area contributed by atoms with Gasteiger partial charge in [0.1, 0.15) is 0 Å². The van der Waals surface area contributed by atoms with E-state index in [1.54, 1.807) is 0 Å². The van der Waals surface area contributed by atoms with Crippen LogP contribution in [0.3, 0.4) is 0 Å². The quantitative estimate of drug-likeness (QED) is 0.811. The van der Waals surface area contributed by atoms with Gasteiger partial charge in [0.2, 0.25) is 0 Å². The minimum Gasteiger partial charge on any atom is -0.310 e. The molecule has 2 aromatic heterocycles. The lowest BCUT2D eigenvalue weighted by molar-refractivity contribution is 0.488. The first-order valence-corrected chi connectivity index (χ1v) is 7.88. The fraction of sp³-hybridized carbons (Fsp3) is 0.625. The molecule has 1 atom stereocenters. The Labute approximate surface area is 127 Å². The van der Waals surface area contributed by atoms with Crippen molar-refractivity contribution < 1.29 is 0 Å². The van der Waals surface area contributed by atoms with E-state index in [-0.39, 0.29) is 0 Å². The Morgan fingerprint density at radius 1 is 1.29 bits per heavy atom. The Morgan fingerprint density at radius 3 is 2.71 bits per heavy atom. The van der Waals surface area contributed by atoms with Crippen molar-refractivity contribution in [2.45, 2.75) is 45.6 Å². The third-order valence-electron chi connectivity index (χ3n) is 3.90. The van der Waals surface area contributed by atoms with Crippen molar-refractivity contribution in [3.8, 4) is 0 Å². The molecule has 0 saturated heterocycles. The van der Waals surface area contributed by atoms with Gasteiger partial charge in [-0.3, -0.25) is 9.36 Å². The molecule has 0 aliphatic carbocycles. The highest BCUT2D eigenvalue weighted by Crippen LogP contribution is 2.22. The van der Waals surface area contributed by atoms with Gasteiger partial charge < -0.3 is 5.32 Å². The van der Waals surface area contributed by atoms with Crippen LogP contribution in [0, 0.1) is 0 Å². The Balaban J connectivity index is 2.11. The second kappa shape index (κ2) is 7.41. The lowest BCUT2D eigenvalue weighted by Crippen LogP contribution is -2.23. The molecule has 2 aromatic rings. The highest BCUT2D eigenvalue weighted by Gasteiger charge is 2.17. The van der Waals surface area contributed by atoms with Crippen LogP contribution in [-0.2, 0) is 26.9 Å². The van der Waals surface area contributed by atoms with Gasteiger partial charge in [-0.05, 0) is 38.3 Å².